The molecule has 1 aliphatic heterocycles. The van der Waals surface area contributed by atoms with Crippen LogP contribution in [-0.4, -0.2) is 78.2 Å². The van der Waals surface area contributed by atoms with Gasteiger partial charge in [0.2, 0.25) is 0 Å². The van der Waals surface area contributed by atoms with Crippen molar-refractivity contribution < 1.29 is 9.32 Å². The highest BCUT2D eigenvalue weighted by molar-refractivity contribution is 5.73. The van der Waals surface area contributed by atoms with Gasteiger partial charge in [-0.2, -0.15) is 0 Å². The Balaban J connectivity index is 1.71. The number of amides is 2. The SMILES string of the molecule is CCN1CCN(C(C)CNC(=O)N(C)Cc2cc(C)on2)CC1. The highest BCUT2D eigenvalue weighted by Gasteiger charge is 2.21. The average Bonchev–Trinajstić information content (AvgIpc) is 2.97. The molecule has 2 rings (SSSR count). The lowest BCUT2D eigenvalue weighted by molar-refractivity contribution is 0.105. The number of aryl methyl sites for hydroxylation is 1. The zero-order chi connectivity index (χ0) is 16.8. The lowest BCUT2D eigenvalue weighted by Crippen LogP contribution is -2.52. The largest absolute Gasteiger partial charge is 0.361 e. The minimum atomic E-state index is -0.0790. The molecule has 2 heterocycles. The van der Waals surface area contributed by atoms with Gasteiger partial charge >= 0.3 is 6.03 Å². The van der Waals surface area contributed by atoms with Crippen LogP contribution in [0.15, 0.2) is 10.6 Å². The summed E-state index contributed by atoms with van der Waals surface area (Å²) in [7, 11) is 1.77. The Bertz CT molecular complexity index is 496. The first-order chi connectivity index (χ1) is 11.0. The number of nitrogens with zero attached hydrogens (tertiary/aromatic N) is 4. The molecule has 0 spiro atoms. The first-order valence-electron chi connectivity index (χ1n) is 8.37. The summed E-state index contributed by atoms with van der Waals surface area (Å²) in [6, 6.07) is 2.12. The second kappa shape index (κ2) is 8.31. The van der Waals surface area contributed by atoms with Gasteiger partial charge in [-0.15, -0.1) is 0 Å². The highest BCUT2D eigenvalue weighted by atomic mass is 16.5. The highest BCUT2D eigenvalue weighted by Crippen LogP contribution is 2.07. The lowest BCUT2D eigenvalue weighted by atomic mass is 10.2. The Labute approximate surface area is 138 Å². The van der Waals surface area contributed by atoms with Gasteiger partial charge in [0.05, 0.1) is 6.54 Å². The second-order valence-electron chi connectivity index (χ2n) is 6.29. The maximum atomic E-state index is 12.2. The molecular formula is C16H29N5O2. The Morgan fingerprint density at radius 1 is 1.43 bits per heavy atom. The molecule has 7 heteroatoms. The van der Waals surface area contributed by atoms with Crippen LogP contribution < -0.4 is 5.32 Å². The normalized spacial score (nSPS) is 17.9. The Morgan fingerprint density at radius 3 is 2.70 bits per heavy atom. The van der Waals surface area contributed by atoms with Crippen molar-refractivity contribution in [1.82, 2.24) is 25.2 Å². The number of carbonyl (C=O) groups is 1. The summed E-state index contributed by atoms with van der Waals surface area (Å²) in [6.07, 6.45) is 0. The third-order valence-electron chi connectivity index (χ3n) is 4.45. The van der Waals surface area contributed by atoms with Gasteiger partial charge in [0.25, 0.3) is 0 Å². The Hall–Kier alpha value is -1.60. The zero-order valence-electron chi connectivity index (χ0n) is 14.7. The van der Waals surface area contributed by atoms with Crippen LogP contribution in [0, 0.1) is 6.92 Å². The van der Waals surface area contributed by atoms with Crippen LogP contribution in [0.2, 0.25) is 0 Å². The molecule has 2 amide bonds. The van der Waals surface area contributed by atoms with E-state index in [1.54, 1.807) is 11.9 Å². The Morgan fingerprint density at radius 2 is 2.13 bits per heavy atom. The van der Waals surface area contributed by atoms with Crippen molar-refractivity contribution in [2.75, 3.05) is 46.3 Å². The van der Waals surface area contributed by atoms with Crippen LogP contribution in [0.5, 0.6) is 0 Å². The molecule has 130 valence electrons. The molecule has 7 nitrogen and oxygen atoms in total. The predicted octanol–water partition coefficient (Wildman–Crippen LogP) is 1.15. The van der Waals surface area contributed by atoms with Gasteiger partial charge in [-0.05, 0) is 20.4 Å². The smallest absolute Gasteiger partial charge is 0.317 e. The third-order valence-corrected chi connectivity index (χ3v) is 4.45. The van der Waals surface area contributed by atoms with Crippen molar-refractivity contribution in [2.24, 2.45) is 0 Å². The topological polar surface area (TPSA) is 64.8 Å². The van der Waals surface area contributed by atoms with E-state index in [2.05, 4.69) is 34.1 Å². The van der Waals surface area contributed by atoms with Crippen LogP contribution >= 0.6 is 0 Å². The summed E-state index contributed by atoms with van der Waals surface area (Å²) in [4.78, 5) is 18.7. The molecule has 1 aliphatic rings. The number of nitrogens with one attached hydrogen (secondary N) is 1. The number of rotatable bonds is 6. The van der Waals surface area contributed by atoms with Gasteiger partial charge in [-0.25, -0.2) is 4.79 Å². The molecule has 0 radical (unpaired) electrons. The van der Waals surface area contributed by atoms with Crippen LogP contribution in [0.4, 0.5) is 4.79 Å². The van der Waals surface area contributed by atoms with E-state index in [-0.39, 0.29) is 6.03 Å². The molecule has 23 heavy (non-hydrogen) atoms. The van der Waals surface area contributed by atoms with Gasteiger partial charge in [-0.1, -0.05) is 12.1 Å². The van der Waals surface area contributed by atoms with E-state index >= 15 is 0 Å². The molecule has 1 unspecified atom stereocenters. The first-order valence-corrected chi connectivity index (χ1v) is 8.37. The number of piperazine rings is 1. The number of likely N-dealkylation sites (N-methyl/N-ethyl adjacent to an activating group) is 1. The summed E-state index contributed by atoms with van der Waals surface area (Å²) < 4.78 is 5.02. The van der Waals surface area contributed by atoms with Crippen LogP contribution in [0.1, 0.15) is 25.3 Å². The summed E-state index contributed by atoms with van der Waals surface area (Å²) in [5.74, 6) is 0.758. The van der Waals surface area contributed by atoms with Crippen LogP contribution in [-0.2, 0) is 6.54 Å². The van der Waals surface area contributed by atoms with Crippen LogP contribution in [0.3, 0.4) is 0 Å². The summed E-state index contributed by atoms with van der Waals surface area (Å²) in [5.41, 5.74) is 0.767. The third kappa shape index (κ3) is 5.21. The van der Waals surface area contributed by atoms with Crippen molar-refractivity contribution in [3.63, 3.8) is 0 Å². The molecule has 0 saturated carbocycles. The fourth-order valence-corrected chi connectivity index (χ4v) is 2.83. The molecule has 1 N–H and O–H groups in total. The molecule has 1 aromatic heterocycles. The van der Waals surface area contributed by atoms with Crippen molar-refractivity contribution >= 4 is 6.03 Å². The fraction of sp³-hybridized carbons (Fsp3) is 0.750. The van der Waals surface area contributed by atoms with Crippen molar-refractivity contribution in [3.8, 4) is 0 Å². The fourth-order valence-electron chi connectivity index (χ4n) is 2.83. The summed E-state index contributed by atoms with van der Waals surface area (Å²) >= 11 is 0. The first kappa shape index (κ1) is 17.7. The lowest BCUT2D eigenvalue weighted by Gasteiger charge is -2.37. The molecule has 0 aliphatic carbocycles. The molecule has 1 atom stereocenters. The minimum Gasteiger partial charge on any atom is -0.361 e. The molecular weight excluding hydrogens is 294 g/mol. The van der Waals surface area contributed by atoms with Crippen molar-refractivity contribution in [1.29, 1.82) is 0 Å². The van der Waals surface area contributed by atoms with Crippen molar-refractivity contribution in [3.05, 3.63) is 17.5 Å². The van der Waals surface area contributed by atoms with Gasteiger partial charge < -0.3 is 19.6 Å². The zero-order valence-corrected chi connectivity index (χ0v) is 14.7. The summed E-state index contributed by atoms with van der Waals surface area (Å²) in [5, 5.41) is 6.92. The monoisotopic (exact) mass is 323 g/mol. The van der Waals surface area contributed by atoms with E-state index in [9.17, 15) is 4.79 Å². The number of urea groups is 1. The number of hydrogen-bond acceptors (Lipinski definition) is 5. The van der Waals surface area contributed by atoms with Gasteiger partial charge in [0, 0.05) is 51.9 Å². The maximum absolute atomic E-state index is 12.2. The number of aromatic nitrogens is 1. The van der Waals surface area contributed by atoms with E-state index in [4.69, 9.17) is 4.52 Å². The number of hydrogen-bond donors (Lipinski definition) is 1. The predicted molar refractivity (Wildman–Crippen MR) is 89.3 cm³/mol. The van der Waals surface area contributed by atoms with E-state index in [0.717, 1.165) is 44.2 Å². The standard InChI is InChI=1S/C16H29N5O2/c1-5-20-6-8-21(9-7-20)13(2)11-17-16(22)19(4)12-15-10-14(3)23-18-15/h10,13H,5-9,11-12H2,1-4H3,(H,17,22). The second-order valence-corrected chi connectivity index (χ2v) is 6.29. The Kier molecular flexibility index (Phi) is 6.41. The van der Waals surface area contributed by atoms with E-state index < -0.39 is 0 Å². The average molecular weight is 323 g/mol. The van der Waals surface area contributed by atoms with E-state index in [1.807, 2.05) is 13.0 Å². The van der Waals surface area contributed by atoms with Crippen LogP contribution in [0.25, 0.3) is 0 Å². The number of carbonyl (C=O) groups excluding carboxylic acids is 1. The van der Waals surface area contributed by atoms with E-state index in [0.29, 0.717) is 19.1 Å². The minimum absolute atomic E-state index is 0.0790. The quantitative estimate of drug-likeness (QED) is 0.851. The van der Waals surface area contributed by atoms with Crippen molar-refractivity contribution in [2.45, 2.75) is 33.4 Å². The van der Waals surface area contributed by atoms with E-state index in [1.165, 1.54) is 0 Å². The maximum Gasteiger partial charge on any atom is 0.317 e. The molecule has 1 saturated heterocycles. The molecule has 1 fully saturated rings. The molecule has 1 aromatic rings. The van der Waals surface area contributed by atoms with Gasteiger partial charge in [0.1, 0.15) is 11.5 Å². The molecule has 0 bridgehead atoms. The molecule has 0 aromatic carbocycles. The van der Waals surface area contributed by atoms with Gasteiger partial charge in [-0.3, -0.25) is 4.90 Å². The van der Waals surface area contributed by atoms with Gasteiger partial charge in [0.15, 0.2) is 0 Å². The summed E-state index contributed by atoms with van der Waals surface area (Å²) in [6.45, 7) is 12.8.